The van der Waals surface area contributed by atoms with E-state index in [4.69, 9.17) is 4.74 Å². The summed E-state index contributed by atoms with van der Waals surface area (Å²) >= 11 is 0. The molecule has 6 nitrogen and oxygen atoms in total. The summed E-state index contributed by atoms with van der Waals surface area (Å²) in [5.41, 5.74) is -0.159. The van der Waals surface area contributed by atoms with Crippen molar-refractivity contribution in [3.63, 3.8) is 0 Å². The highest BCUT2D eigenvalue weighted by molar-refractivity contribution is 7.88. The molecule has 1 spiro atoms. The molecule has 2 fully saturated rings. The SMILES string of the molecule is CC(=O)N1CC2(CC[C@@H](CNS(C)(=O)=O)CO2)C1. The van der Waals surface area contributed by atoms with Crippen LogP contribution in [-0.2, 0) is 19.6 Å². The van der Waals surface area contributed by atoms with Gasteiger partial charge >= 0.3 is 0 Å². The van der Waals surface area contributed by atoms with Crippen LogP contribution in [0.4, 0.5) is 0 Å². The van der Waals surface area contributed by atoms with E-state index in [2.05, 4.69) is 4.72 Å². The molecule has 0 bridgehead atoms. The van der Waals surface area contributed by atoms with E-state index in [-0.39, 0.29) is 17.4 Å². The Labute approximate surface area is 108 Å². The Morgan fingerprint density at radius 3 is 2.61 bits per heavy atom. The third-order valence-corrected chi connectivity index (χ3v) is 4.36. The van der Waals surface area contributed by atoms with Crippen molar-refractivity contribution in [2.24, 2.45) is 5.92 Å². The van der Waals surface area contributed by atoms with Crippen molar-refractivity contribution in [3.8, 4) is 0 Å². The van der Waals surface area contributed by atoms with Gasteiger partial charge in [-0.1, -0.05) is 0 Å². The highest BCUT2D eigenvalue weighted by atomic mass is 32.2. The predicted octanol–water partition coefficient (Wildman–Crippen LogP) is -0.437. The second-order valence-electron chi connectivity index (χ2n) is 5.39. The van der Waals surface area contributed by atoms with Crippen molar-refractivity contribution in [3.05, 3.63) is 0 Å². The van der Waals surface area contributed by atoms with Gasteiger partial charge in [-0.25, -0.2) is 13.1 Å². The number of hydrogen-bond donors (Lipinski definition) is 1. The van der Waals surface area contributed by atoms with Crippen molar-refractivity contribution < 1.29 is 17.9 Å². The molecule has 1 amide bonds. The number of hydrogen-bond acceptors (Lipinski definition) is 4. The van der Waals surface area contributed by atoms with Crippen LogP contribution in [-0.4, -0.2) is 57.3 Å². The van der Waals surface area contributed by atoms with Crippen LogP contribution in [0.5, 0.6) is 0 Å². The average Bonchev–Trinajstić information content (AvgIpc) is 2.22. The third kappa shape index (κ3) is 3.21. The van der Waals surface area contributed by atoms with Crippen LogP contribution < -0.4 is 4.72 Å². The molecule has 2 saturated heterocycles. The first-order valence-electron chi connectivity index (χ1n) is 6.14. The number of amides is 1. The van der Waals surface area contributed by atoms with Crippen LogP contribution >= 0.6 is 0 Å². The Morgan fingerprint density at radius 2 is 2.17 bits per heavy atom. The monoisotopic (exact) mass is 276 g/mol. The smallest absolute Gasteiger partial charge is 0.219 e. The van der Waals surface area contributed by atoms with E-state index in [0.717, 1.165) is 19.1 Å². The average molecular weight is 276 g/mol. The standard InChI is InChI=1S/C11H20N2O4S/c1-9(14)13-7-11(8-13)4-3-10(6-17-11)5-12-18(2,15)16/h10,12H,3-8H2,1-2H3/t10-/m0/s1. The van der Waals surface area contributed by atoms with Crippen molar-refractivity contribution in [1.82, 2.24) is 9.62 Å². The van der Waals surface area contributed by atoms with Crippen molar-refractivity contribution >= 4 is 15.9 Å². The van der Waals surface area contributed by atoms with Gasteiger partial charge in [0.15, 0.2) is 0 Å². The fraction of sp³-hybridized carbons (Fsp3) is 0.909. The molecule has 2 heterocycles. The fourth-order valence-electron chi connectivity index (χ4n) is 2.47. The molecule has 2 aliphatic rings. The first-order chi connectivity index (χ1) is 8.30. The lowest BCUT2D eigenvalue weighted by molar-refractivity contribution is -0.186. The first kappa shape index (κ1) is 13.8. The summed E-state index contributed by atoms with van der Waals surface area (Å²) in [7, 11) is -3.12. The van der Waals surface area contributed by atoms with E-state index in [0.29, 0.717) is 26.2 Å². The molecule has 0 aliphatic carbocycles. The van der Waals surface area contributed by atoms with Crippen molar-refractivity contribution in [1.29, 1.82) is 0 Å². The number of nitrogens with one attached hydrogen (secondary N) is 1. The van der Waals surface area contributed by atoms with Crippen molar-refractivity contribution in [2.75, 3.05) is 32.5 Å². The Morgan fingerprint density at radius 1 is 1.50 bits per heavy atom. The lowest BCUT2D eigenvalue weighted by Gasteiger charge is -2.52. The Bertz CT molecular complexity index is 418. The van der Waals surface area contributed by atoms with Gasteiger partial charge < -0.3 is 9.64 Å². The summed E-state index contributed by atoms with van der Waals surface area (Å²) in [6.45, 7) is 3.91. The van der Waals surface area contributed by atoms with Crippen molar-refractivity contribution in [2.45, 2.75) is 25.4 Å². The van der Waals surface area contributed by atoms with E-state index < -0.39 is 10.0 Å². The molecule has 1 atom stereocenters. The Hall–Kier alpha value is -0.660. The Kier molecular flexibility index (Phi) is 3.66. The minimum atomic E-state index is -3.12. The van der Waals surface area contributed by atoms with Crippen LogP contribution in [0.2, 0.25) is 0 Å². The molecule has 0 saturated carbocycles. The lowest BCUT2D eigenvalue weighted by atomic mass is 9.83. The van der Waals surface area contributed by atoms with Crippen LogP contribution in [0.15, 0.2) is 0 Å². The number of nitrogens with zero attached hydrogens (tertiary/aromatic N) is 1. The highest BCUT2D eigenvalue weighted by Gasteiger charge is 2.47. The number of carbonyl (C=O) groups is 1. The topological polar surface area (TPSA) is 75.7 Å². The maximum atomic E-state index is 11.1. The largest absolute Gasteiger partial charge is 0.371 e. The zero-order valence-corrected chi connectivity index (χ0v) is 11.6. The second kappa shape index (κ2) is 4.79. The molecule has 2 aliphatic heterocycles. The van der Waals surface area contributed by atoms with Crippen LogP contribution in [0, 0.1) is 5.92 Å². The summed E-state index contributed by atoms with van der Waals surface area (Å²) in [6.07, 6.45) is 3.00. The number of ether oxygens (including phenoxy) is 1. The number of sulfonamides is 1. The third-order valence-electron chi connectivity index (χ3n) is 3.67. The van der Waals surface area contributed by atoms with Crippen LogP contribution in [0.3, 0.4) is 0 Å². The van der Waals surface area contributed by atoms with E-state index in [9.17, 15) is 13.2 Å². The molecule has 1 N–H and O–H groups in total. The molecular formula is C11H20N2O4S. The summed E-state index contributed by atoms with van der Waals surface area (Å²) < 4.78 is 30.3. The molecule has 0 aromatic heterocycles. The zero-order valence-electron chi connectivity index (χ0n) is 10.8. The maximum Gasteiger partial charge on any atom is 0.219 e. The highest BCUT2D eigenvalue weighted by Crippen LogP contribution is 2.35. The summed E-state index contributed by atoms with van der Waals surface area (Å²) in [5, 5.41) is 0. The number of carbonyl (C=O) groups excluding carboxylic acids is 1. The molecule has 2 rings (SSSR count). The predicted molar refractivity (Wildman–Crippen MR) is 66.5 cm³/mol. The molecular weight excluding hydrogens is 256 g/mol. The van der Waals surface area contributed by atoms with Gasteiger partial charge in [0.05, 0.1) is 26.0 Å². The molecule has 0 aromatic rings. The van der Waals surface area contributed by atoms with Gasteiger partial charge in [0.1, 0.15) is 5.60 Å². The van der Waals surface area contributed by atoms with Gasteiger partial charge in [-0.05, 0) is 18.8 Å². The quantitative estimate of drug-likeness (QED) is 0.758. The summed E-state index contributed by atoms with van der Waals surface area (Å²) in [6, 6.07) is 0. The van der Waals surface area contributed by atoms with E-state index in [1.807, 2.05) is 0 Å². The van der Waals surface area contributed by atoms with E-state index >= 15 is 0 Å². The van der Waals surface area contributed by atoms with Gasteiger partial charge in [0, 0.05) is 13.5 Å². The van der Waals surface area contributed by atoms with Gasteiger partial charge in [-0.2, -0.15) is 0 Å². The summed E-state index contributed by atoms with van der Waals surface area (Å²) in [4.78, 5) is 12.9. The molecule has 0 aromatic carbocycles. The van der Waals surface area contributed by atoms with Crippen LogP contribution in [0.25, 0.3) is 0 Å². The minimum Gasteiger partial charge on any atom is -0.371 e. The minimum absolute atomic E-state index is 0.0880. The zero-order chi connectivity index (χ0) is 13.4. The van der Waals surface area contributed by atoms with Gasteiger partial charge in [-0.15, -0.1) is 0 Å². The Balaban J connectivity index is 1.74. The van der Waals surface area contributed by atoms with Gasteiger partial charge in [-0.3, -0.25) is 4.79 Å². The molecule has 104 valence electrons. The normalized spacial score (nSPS) is 27.0. The molecule has 0 unspecified atom stereocenters. The van der Waals surface area contributed by atoms with E-state index in [1.54, 1.807) is 11.8 Å². The molecule has 18 heavy (non-hydrogen) atoms. The fourth-order valence-corrected chi connectivity index (χ4v) is 3.01. The molecule has 0 radical (unpaired) electrons. The van der Waals surface area contributed by atoms with Gasteiger partial charge in [0.25, 0.3) is 0 Å². The van der Waals surface area contributed by atoms with Crippen LogP contribution in [0.1, 0.15) is 19.8 Å². The van der Waals surface area contributed by atoms with Gasteiger partial charge in [0.2, 0.25) is 15.9 Å². The second-order valence-corrected chi connectivity index (χ2v) is 7.23. The molecule has 7 heteroatoms. The summed E-state index contributed by atoms with van der Waals surface area (Å²) in [5.74, 6) is 0.321. The van der Waals surface area contributed by atoms with E-state index in [1.165, 1.54) is 0 Å². The first-order valence-corrected chi connectivity index (χ1v) is 8.03. The number of likely N-dealkylation sites (tertiary alicyclic amines) is 1. The number of rotatable bonds is 3. The lowest BCUT2D eigenvalue weighted by Crippen LogP contribution is -2.66. The maximum absolute atomic E-state index is 11.1.